The van der Waals surface area contributed by atoms with Crippen LogP contribution in [0.4, 0.5) is 5.69 Å². The average molecular weight is 390 g/mol. The molecule has 2 N–H and O–H groups in total. The largest absolute Gasteiger partial charge is 0.388 e. The van der Waals surface area contributed by atoms with Gasteiger partial charge in [0.05, 0.1) is 12.4 Å². The number of aromatic nitrogens is 1. The van der Waals surface area contributed by atoms with Crippen molar-refractivity contribution in [1.29, 1.82) is 0 Å². The quantitative estimate of drug-likeness (QED) is 0.760. The number of aliphatic hydroxyl groups excluding tert-OH is 1. The van der Waals surface area contributed by atoms with E-state index in [0.717, 1.165) is 56.4 Å². The van der Waals surface area contributed by atoms with Gasteiger partial charge in [-0.15, -0.1) is 0 Å². The summed E-state index contributed by atoms with van der Waals surface area (Å²) in [6.45, 7) is 2.94. The molecule has 0 bridgehead atoms. The molecule has 0 saturated carbocycles. The van der Waals surface area contributed by atoms with Crippen LogP contribution in [0.15, 0.2) is 48.7 Å². The molecule has 6 nitrogen and oxygen atoms in total. The van der Waals surface area contributed by atoms with Crippen molar-refractivity contribution in [1.82, 2.24) is 9.88 Å². The highest BCUT2D eigenvalue weighted by atomic mass is 32.2. The van der Waals surface area contributed by atoms with Crippen LogP contribution in [0.2, 0.25) is 0 Å². The first-order valence-corrected chi connectivity index (χ1v) is 11.2. The third kappa shape index (κ3) is 6.02. The summed E-state index contributed by atoms with van der Waals surface area (Å²) in [6.07, 6.45) is 5.28. The van der Waals surface area contributed by atoms with Crippen LogP contribution in [0.5, 0.6) is 0 Å². The zero-order valence-corrected chi connectivity index (χ0v) is 16.4. The van der Waals surface area contributed by atoms with E-state index in [0.29, 0.717) is 5.69 Å². The van der Waals surface area contributed by atoms with Crippen LogP contribution in [0, 0.1) is 5.92 Å². The first-order chi connectivity index (χ1) is 12.9. The number of piperidine rings is 1. The Morgan fingerprint density at radius 3 is 2.48 bits per heavy atom. The molecule has 1 aliphatic heterocycles. The van der Waals surface area contributed by atoms with Gasteiger partial charge in [-0.2, -0.15) is 0 Å². The average Bonchev–Trinajstić information content (AvgIpc) is 2.66. The molecule has 146 valence electrons. The molecular weight excluding hydrogens is 362 g/mol. The number of likely N-dealkylation sites (tertiary alicyclic amines) is 1. The minimum atomic E-state index is -3.28. The van der Waals surface area contributed by atoms with Gasteiger partial charge in [0.2, 0.25) is 10.0 Å². The van der Waals surface area contributed by atoms with Gasteiger partial charge in [0.15, 0.2) is 0 Å². The van der Waals surface area contributed by atoms with Crippen molar-refractivity contribution >= 4 is 15.7 Å². The van der Waals surface area contributed by atoms with E-state index >= 15 is 0 Å². The summed E-state index contributed by atoms with van der Waals surface area (Å²) >= 11 is 0. The molecule has 1 saturated heterocycles. The Morgan fingerprint density at radius 2 is 1.89 bits per heavy atom. The highest BCUT2D eigenvalue weighted by Gasteiger charge is 2.26. The van der Waals surface area contributed by atoms with Crippen molar-refractivity contribution in [3.63, 3.8) is 0 Å². The molecular formula is C20H27N3O3S. The van der Waals surface area contributed by atoms with Gasteiger partial charge in [-0.3, -0.25) is 9.71 Å². The van der Waals surface area contributed by atoms with Gasteiger partial charge < -0.3 is 10.0 Å². The van der Waals surface area contributed by atoms with E-state index in [1.54, 1.807) is 24.3 Å². The fraction of sp³-hybridized carbons (Fsp3) is 0.450. The predicted octanol–water partition coefficient (Wildman–Crippen LogP) is 2.44. The van der Waals surface area contributed by atoms with Gasteiger partial charge in [0.1, 0.15) is 0 Å². The molecule has 0 spiro atoms. The van der Waals surface area contributed by atoms with E-state index in [1.807, 2.05) is 18.3 Å². The molecule has 1 aromatic heterocycles. The second-order valence-corrected chi connectivity index (χ2v) is 8.94. The fourth-order valence-electron chi connectivity index (χ4n) is 3.55. The molecule has 1 unspecified atom stereocenters. The minimum absolute atomic E-state index is 0.227. The van der Waals surface area contributed by atoms with Crippen molar-refractivity contribution in [3.8, 4) is 0 Å². The second kappa shape index (κ2) is 8.82. The third-order valence-electron chi connectivity index (χ3n) is 5.04. The molecule has 0 amide bonds. The van der Waals surface area contributed by atoms with Crippen molar-refractivity contribution < 1.29 is 13.5 Å². The van der Waals surface area contributed by atoms with Crippen LogP contribution >= 0.6 is 0 Å². The Hall–Kier alpha value is -1.96. The maximum atomic E-state index is 11.3. The molecule has 0 aliphatic carbocycles. The number of anilines is 1. The third-order valence-corrected chi connectivity index (χ3v) is 5.65. The highest BCUT2D eigenvalue weighted by Crippen LogP contribution is 2.31. The minimum Gasteiger partial charge on any atom is -0.388 e. The van der Waals surface area contributed by atoms with Gasteiger partial charge in [-0.05, 0) is 61.7 Å². The lowest BCUT2D eigenvalue weighted by Gasteiger charge is -2.34. The van der Waals surface area contributed by atoms with Crippen LogP contribution in [0.1, 0.15) is 30.2 Å². The maximum Gasteiger partial charge on any atom is 0.229 e. The normalized spacial score (nSPS) is 17.6. The molecule has 2 aromatic rings. The van der Waals surface area contributed by atoms with Crippen LogP contribution in [-0.4, -0.2) is 49.3 Å². The van der Waals surface area contributed by atoms with Crippen LogP contribution in [0.3, 0.4) is 0 Å². The van der Waals surface area contributed by atoms with E-state index in [9.17, 15) is 13.5 Å². The van der Waals surface area contributed by atoms with Gasteiger partial charge in [-0.1, -0.05) is 18.2 Å². The van der Waals surface area contributed by atoms with Gasteiger partial charge in [0, 0.05) is 30.5 Å². The number of pyridine rings is 1. The molecule has 1 aromatic carbocycles. The molecule has 1 atom stereocenters. The maximum absolute atomic E-state index is 11.3. The smallest absolute Gasteiger partial charge is 0.229 e. The number of aliphatic hydroxyl groups is 1. The van der Waals surface area contributed by atoms with E-state index in [4.69, 9.17) is 0 Å². The summed E-state index contributed by atoms with van der Waals surface area (Å²) in [5, 5.41) is 10.7. The topological polar surface area (TPSA) is 82.5 Å². The first-order valence-electron chi connectivity index (χ1n) is 9.29. The Morgan fingerprint density at radius 1 is 1.19 bits per heavy atom. The summed E-state index contributed by atoms with van der Waals surface area (Å²) in [4.78, 5) is 6.79. The molecule has 27 heavy (non-hydrogen) atoms. The SMILES string of the molecule is CS(=O)(=O)Nc1ccc(C(O)C2CCN(CCc3ccccn3)CC2)cc1. The van der Waals surface area contributed by atoms with Crippen molar-refractivity contribution in [3.05, 3.63) is 59.9 Å². The van der Waals surface area contributed by atoms with Gasteiger partial charge in [-0.25, -0.2) is 8.42 Å². The van der Waals surface area contributed by atoms with Crippen molar-refractivity contribution in [2.24, 2.45) is 5.92 Å². The summed E-state index contributed by atoms with van der Waals surface area (Å²) < 4.78 is 25.0. The lowest BCUT2D eigenvalue weighted by atomic mass is 9.87. The van der Waals surface area contributed by atoms with Crippen LogP contribution in [0.25, 0.3) is 0 Å². The predicted molar refractivity (Wildman–Crippen MR) is 107 cm³/mol. The van der Waals surface area contributed by atoms with Gasteiger partial charge >= 0.3 is 0 Å². The summed E-state index contributed by atoms with van der Waals surface area (Å²) in [5.41, 5.74) is 2.46. The summed E-state index contributed by atoms with van der Waals surface area (Å²) in [7, 11) is -3.28. The number of nitrogens with one attached hydrogen (secondary N) is 1. The van der Waals surface area contributed by atoms with Crippen molar-refractivity contribution in [2.45, 2.75) is 25.4 Å². The molecule has 1 aliphatic rings. The lowest BCUT2D eigenvalue weighted by molar-refractivity contribution is 0.0592. The monoisotopic (exact) mass is 389 g/mol. The first kappa shape index (κ1) is 19.8. The van der Waals surface area contributed by atoms with Crippen LogP contribution in [-0.2, 0) is 16.4 Å². The Balaban J connectivity index is 1.48. The second-order valence-electron chi connectivity index (χ2n) is 7.19. The fourth-order valence-corrected chi connectivity index (χ4v) is 4.11. The zero-order valence-electron chi connectivity index (χ0n) is 15.6. The number of nitrogens with zero attached hydrogens (tertiary/aromatic N) is 2. The number of hydrogen-bond donors (Lipinski definition) is 2. The molecule has 7 heteroatoms. The van der Waals surface area contributed by atoms with Crippen LogP contribution < -0.4 is 4.72 Å². The van der Waals surface area contributed by atoms with E-state index in [1.165, 1.54) is 0 Å². The lowest BCUT2D eigenvalue weighted by Crippen LogP contribution is -2.36. The summed E-state index contributed by atoms with van der Waals surface area (Å²) in [5.74, 6) is 0.227. The van der Waals surface area contributed by atoms with E-state index in [2.05, 4.69) is 20.7 Å². The Kier molecular flexibility index (Phi) is 6.46. The number of sulfonamides is 1. The van der Waals surface area contributed by atoms with E-state index < -0.39 is 16.1 Å². The Bertz CT molecular complexity index is 817. The molecule has 2 heterocycles. The molecule has 0 radical (unpaired) electrons. The van der Waals surface area contributed by atoms with Gasteiger partial charge in [0.25, 0.3) is 0 Å². The summed E-state index contributed by atoms with van der Waals surface area (Å²) in [6, 6.07) is 13.0. The number of hydrogen-bond acceptors (Lipinski definition) is 5. The number of benzene rings is 1. The Labute approximate surface area is 161 Å². The molecule has 3 rings (SSSR count). The van der Waals surface area contributed by atoms with E-state index in [-0.39, 0.29) is 5.92 Å². The molecule has 1 fully saturated rings. The number of rotatable bonds is 7. The standard InChI is InChI=1S/C20H27N3O3S/c1-27(25,26)22-19-7-5-16(6-8-19)20(24)17-9-13-23(14-10-17)15-11-18-4-2-3-12-21-18/h2-8,12,17,20,22,24H,9-11,13-15H2,1H3. The van der Waals surface area contributed by atoms with Crippen molar-refractivity contribution in [2.75, 3.05) is 30.6 Å². The zero-order chi connectivity index (χ0) is 19.3. The highest BCUT2D eigenvalue weighted by molar-refractivity contribution is 7.92.